The zero-order valence-corrected chi connectivity index (χ0v) is 10.9. The number of methoxy groups -OCH3 is 1. The third kappa shape index (κ3) is 2.62. The molecule has 0 spiro atoms. The topological polar surface area (TPSA) is 79.7 Å². The van der Waals surface area contributed by atoms with Crippen molar-refractivity contribution in [2.75, 3.05) is 19.1 Å². The maximum atomic E-state index is 11.8. The smallest absolute Gasteiger partial charge is 0.340 e. The number of aromatic carboxylic acids is 1. The fraction of sp³-hybridized carbons (Fsp3) is 0.500. The van der Waals surface area contributed by atoms with E-state index in [1.807, 2.05) is 0 Å². The van der Waals surface area contributed by atoms with Gasteiger partial charge in [0.25, 0.3) is 5.91 Å². The van der Waals surface area contributed by atoms with E-state index in [4.69, 9.17) is 9.84 Å². The van der Waals surface area contributed by atoms with Crippen LogP contribution in [0.3, 0.4) is 0 Å². The molecule has 6 nitrogen and oxygen atoms in total. The summed E-state index contributed by atoms with van der Waals surface area (Å²) in [5, 5.41) is 9.38. The molecule has 0 aliphatic rings. The first-order valence-corrected chi connectivity index (χ1v) is 5.67. The lowest BCUT2D eigenvalue weighted by Gasteiger charge is -2.19. The summed E-state index contributed by atoms with van der Waals surface area (Å²) in [6, 6.07) is 0. The summed E-state index contributed by atoms with van der Waals surface area (Å²) >= 11 is 0.988. The molecule has 1 amide bonds. The lowest BCUT2D eigenvalue weighted by Crippen LogP contribution is -2.36. The molecular weight excluding hydrogens is 244 g/mol. The highest BCUT2D eigenvalue weighted by atomic mass is 32.1. The molecule has 94 valence electrons. The number of amides is 1. The Kier molecular flexibility index (Phi) is 4.19. The predicted molar refractivity (Wildman–Crippen MR) is 63.7 cm³/mol. The minimum absolute atomic E-state index is 0.0640. The van der Waals surface area contributed by atoms with Gasteiger partial charge in [0.2, 0.25) is 0 Å². The van der Waals surface area contributed by atoms with Crippen molar-refractivity contribution in [3.8, 4) is 0 Å². The van der Waals surface area contributed by atoms with Crippen molar-refractivity contribution in [1.82, 2.24) is 4.37 Å². The van der Waals surface area contributed by atoms with E-state index < -0.39 is 12.1 Å². The van der Waals surface area contributed by atoms with E-state index in [1.54, 1.807) is 13.8 Å². The van der Waals surface area contributed by atoms with E-state index >= 15 is 0 Å². The van der Waals surface area contributed by atoms with Crippen LogP contribution in [0.25, 0.3) is 0 Å². The number of nitrogens with zero attached hydrogens (tertiary/aromatic N) is 2. The zero-order chi connectivity index (χ0) is 13.2. The molecule has 1 unspecified atom stereocenters. The zero-order valence-electron chi connectivity index (χ0n) is 10.1. The Morgan fingerprint density at radius 1 is 1.53 bits per heavy atom. The third-order valence-corrected chi connectivity index (χ3v) is 3.41. The molecule has 17 heavy (non-hydrogen) atoms. The van der Waals surface area contributed by atoms with Crippen LogP contribution in [0.4, 0.5) is 5.00 Å². The molecule has 0 aliphatic carbocycles. The number of rotatable bonds is 4. The van der Waals surface area contributed by atoms with Crippen LogP contribution in [0, 0.1) is 6.92 Å². The molecule has 1 N–H and O–H groups in total. The Morgan fingerprint density at radius 2 is 2.12 bits per heavy atom. The molecule has 1 rings (SSSR count). The minimum atomic E-state index is -1.09. The van der Waals surface area contributed by atoms with Gasteiger partial charge in [-0.1, -0.05) is 0 Å². The van der Waals surface area contributed by atoms with Gasteiger partial charge in [-0.2, -0.15) is 4.37 Å². The number of hydrogen-bond acceptors (Lipinski definition) is 5. The van der Waals surface area contributed by atoms with Crippen LogP contribution < -0.4 is 4.90 Å². The number of likely N-dealkylation sites (N-methyl/N-ethyl adjacent to an activating group) is 1. The molecular formula is C10H14N2O4S. The van der Waals surface area contributed by atoms with Crippen molar-refractivity contribution in [1.29, 1.82) is 0 Å². The summed E-state index contributed by atoms with van der Waals surface area (Å²) in [5.41, 5.74) is 0.469. The lowest BCUT2D eigenvalue weighted by atomic mass is 10.2. The van der Waals surface area contributed by atoms with Crippen molar-refractivity contribution in [3.63, 3.8) is 0 Å². The molecule has 0 saturated heterocycles. The van der Waals surface area contributed by atoms with Crippen LogP contribution in [0.2, 0.25) is 0 Å². The summed E-state index contributed by atoms with van der Waals surface area (Å²) in [6.45, 7) is 3.20. The summed E-state index contributed by atoms with van der Waals surface area (Å²) in [4.78, 5) is 24.2. The highest BCUT2D eigenvalue weighted by Crippen LogP contribution is 2.28. The molecule has 1 aromatic heterocycles. The second kappa shape index (κ2) is 5.24. The number of carboxylic acids is 1. The van der Waals surface area contributed by atoms with Gasteiger partial charge >= 0.3 is 5.97 Å². The lowest BCUT2D eigenvalue weighted by molar-refractivity contribution is -0.126. The van der Waals surface area contributed by atoms with Gasteiger partial charge in [-0.15, -0.1) is 0 Å². The quantitative estimate of drug-likeness (QED) is 0.876. The van der Waals surface area contributed by atoms with Crippen molar-refractivity contribution in [2.24, 2.45) is 0 Å². The second-order valence-corrected chi connectivity index (χ2v) is 4.28. The Labute approximate surface area is 103 Å². The molecule has 0 fully saturated rings. The number of carbonyl (C=O) groups is 2. The van der Waals surface area contributed by atoms with E-state index in [2.05, 4.69) is 4.37 Å². The monoisotopic (exact) mass is 258 g/mol. The summed E-state index contributed by atoms with van der Waals surface area (Å²) in [7, 11) is 2.93. The Hall–Kier alpha value is -1.47. The van der Waals surface area contributed by atoms with E-state index in [9.17, 15) is 9.59 Å². The minimum Gasteiger partial charge on any atom is -0.478 e. The maximum absolute atomic E-state index is 11.8. The molecule has 1 heterocycles. The first-order valence-electron chi connectivity index (χ1n) is 4.90. The first-order chi connectivity index (χ1) is 7.90. The summed E-state index contributed by atoms with van der Waals surface area (Å²) < 4.78 is 8.86. The highest BCUT2D eigenvalue weighted by molar-refractivity contribution is 7.11. The number of carbonyl (C=O) groups excluding carboxylic acids is 1. The normalized spacial score (nSPS) is 12.2. The number of ether oxygens (including phenoxy) is 1. The number of aryl methyl sites for hydroxylation is 1. The standard InChI is InChI=1S/C10H14N2O4S/c1-5-7(10(14)15)9(17-11-5)12(3)8(13)6(2)16-4/h6H,1-4H3,(H,14,15). The average molecular weight is 258 g/mol. The number of carboxylic acid groups (broad SMARTS) is 1. The molecule has 0 saturated carbocycles. The van der Waals surface area contributed by atoms with Gasteiger partial charge in [-0.3, -0.25) is 4.79 Å². The van der Waals surface area contributed by atoms with Gasteiger partial charge in [0.15, 0.2) is 0 Å². The Morgan fingerprint density at radius 3 is 2.59 bits per heavy atom. The molecule has 0 radical (unpaired) electrons. The van der Waals surface area contributed by atoms with Crippen molar-refractivity contribution >= 4 is 28.4 Å². The molecule has 0 bridgehead atoms. The van der Waals surface area contributed by atoms with Crippen LogP contribution in [-0.4, -0.2) is 41.6 Å². The number of aromatic nitrogens is 1. The van der Waals surface area contributed by atoms with Crippen molar-refractivity contribution in [2.45, 2.75) is 20.0 Å². The maximum Gasteiger partial charge on any atom is 0.340 e. The van der Waals surface area contributed by atoms with Gasteiger partial charge in [-0.05, 0) is 25.4 Å². The SMILES string of the molecule is COC(C)C(=O)N(C)c1snc(C)c1C(=O)O. The molecule has 1 aromatic rings. The van der Waals surface area contributed by atoms with E-state index in [-0.39, 0.29) is 11.5 Å². The molecule has 1 atom stereocenters. The van der Waals surface area contributed by atoms with E-state index in [0.717, 1.165) is 11.5 Å². The predicted octanol–water partition coefficient (Wildman–Crippen LogP) is 1.15. The van der Waals surface area contributed by atoms with E-state index in [0.29, 0.717) is 10.7 Å². The number of hydrogen-bond donors (Lipinski definition) is 1. The van der Waals surface area contributed by atoms with Crippen LogP contribution in [-0.2, 0) is 9.53 Å². The Balaban J connectivity index is 3.09. The van der Waals surface area contributed by atoms with Gasteiger partial charge in [-0.25, -0.2) is 4.79 Å². The van der Waals surface area contributed by atoms with Crippen molar-refractivity contribution in [3.05, 3.63) is 11.3 Å². The summed E-state index contributed by atoms with van der Waals surface area (Å²) in [6.07, 6.45) is -0.621. The van der Waals surface area contributed by atoms with Gasteiger partial charge < -0.3 is 14.7 Å². The second-order valence-electron chi connectivity index (χ2n) is 3.53. The molecule has 0 aromatic carbocycles. The molecule has 0 aliphatic heterocycles. The van der Waals surface area contributed by atoms with Crippen molar-refractivity contribution < 1.29 is 19.4 Å². The van der Waals surface area contributed by atoms with Crippen LogP contribution in [0.5, 0.6) is 0 Å². The third-order valence-electron chi connectivity index (χ3n) is 2.40. The largest absolute Gasteiger partial charge is 0.478 e. The average Bonchev–Trinajstić information content (AvgIpc) is 2.68. The Bertz CT molecular complexity index is 444. The van der Waals surface area contributed by atoms with Gasteiger partial charge in [0, 0.05) is 14.2 Å². The number of anilines is 1. The van der Waals surface area contributed by atoms with Crippen LogP contribution in [0.15, 0.2) is 0 Å². The molecule has 7 heteroatoms. The van der Waals surface area contributed by atoms with E-state index in [1.165, 1.54) is 19.1 Å². The summed E-state index contributed by atoms with van der Waals surface area (Å²) in [5.74, 6) is -1.39. The fourth-order valence-electron chi connectivity index (χ4n) is 1.31. The van der Waals surface area contributed by atoms with Gasteiger partial charge in [0.05, 0.1) is 5.69 Å². The fourth-order valence-corrected chi connectivity index (χ4v) is 2.16. The van der Waals surface area contributed by atoms with Crippen LogP contribution >= 0.6 is 11.5 Å². The first kappa shape index (κ1) is 13.6. The van der Waals surface area contributed by atoms with Gasteiger partial charge in [0.1, 0.15) is 16.7 Å². The van der Waals surface area contributed by atoms with Crippen LogP contribution in [0.1, 0.15) is 23.0 Å². The highest BCUT2D eigenvalue weighted by Gasteiger charge is 2.26.